The summed E-state index contributed by atoms with van der Waals surface area (Å²) in [6, 6.07) is 3.01. The maximum absolute atomic E-state index is 14.8. The summed E-state index contributed by atoms with van der Waals surface area (Å²) in [6.07, 6.45) is 15.9. The fourth-order valence-electron chi connectivity index (χ4n) is 7.11. The molecule has 1 aromatic rings. The van der Waals surface area contributed by atoms with Gasteiger partial charge in [0.1, 0.15) is 5.82 Å². The molecule has 5 heteroatoms. The van der Waals surface area contributed by atoms with Gasteiger partial charge >= 0.3 is 0 Å². The van der Waals surface area contributed by atoms with E-state index in [1.807, 2.05) is 0 Å². The SMILES string of the molecule is O=C(NO)c1cc(F)c2c(c1)CCN(C1(CCC3CC4CCCC(C4)C3)CCC1)C2. The van der Waals surface area contributed by atoms with Gasteiger partial charge in [-0.3, -0.25) is 14.9 Å². The Labute approximate surface area is 179 Å². The second-order valence-corrected chi connectivity index (χ2v) is 10.6. The largest absolute Gasteiger partial charge is 0.293 e. The second kappa shape index (κ2) is 8.23. The first-order valence-electron chi connectivity index (χ1n) is 12.1. The molecule has 3 fully saturated rings. The van der Waals surface area contributed by atoms with Gasteiger partial charge in [0.15, 0.2) is 0 Å². The van der Waals surface area contributed by atoms with E-state index in [1.54, 1.807) is 11.5 Å². The Hall–Kier alpha value is -1.46. The lowest BCUT2D eigenvalue weighted by Gasteiger charge is -2.53. The Balaban J connectivity index is 1.26. The Morgan fingerprint density at radius 1 is 1.17 bits per heavy atom. The molecule has 2 bridgehead atoms. The third-order valence-corrected chi connectivity index (χ3v) is 8.85. The van der Waals surface area contributed by atoms with Gasteiger partial charge in [-0.05, 0) is 93.2 Å². The standard InChI is InChI=1S/C25H35FN2O2/c26-23-15-21(24(29)27-30)14-20-6-10-28(16-22(20)23)25(7-2-8-25)9-5-19-12-17-3-1-4-18(11-17)13-19/h14-15,17-19,30H,1-13,16H2,(H,27,29). The minimum Gasteiger partial charge on any atom is -0.293 e. The third-order valence-electron chi connectivity index (χ3n) is 8.85. The van der Waals surface area contributed by atoms with Crippen LogP contribution >= 0.6 is 0 Å². The number of rotatable bonds is 5. The number of amides is 1. The van der Waals surface area contributed by atoms with Crippen LogP contribution in [0, 0.1) is 23.6 Å². The molecule has 0 spiro atoms. The summed E-state index contributed by atoms with van der Waals surface area (Å²) in [5, 5.41) is 8.86. The van der Waals surface area contributed by atoms with Crippen LogP contribution < -0.4 is 5.48 Å². The lowest BCUT2D eigenvalue weighted by atomic mass is 9.64. The van der Waals surface area contributed by atoms with Gasteiger partial charge in [-0.25, -0.2) is 9.87 Å². The predicted octanol–water partition coefficient (Wildman–Crippen LogP) is 5.22. The Bertz CT molecular complexity index is 795. The van der Waals surface area contributed by atoms with Crippen LogP contribution in [-0.4, -0.2) is 28.1 Å². The van der Waals surface area contributed by atoms with Crippen molar-refractivity contribution in [2.75, 3.05) is 6.54 Å². The quantitative estimate of drug-likeness (QED) is 0.513. The van der Waals surface area contributed by atoms with Crippen LogP contribution in [0.2, 0.25) is 0 Å². The summed E-state index contributed by atoms with van der Waals surface area (Å²) in [7, 11) is 0. The van der Waals surface area contributed by atoms with Crippen molar-refractivity contribution in [2.24, 2.45) is 17.8 Å². The third kappa shape index (κ3) is 3.80. The fraction of sp³-hybridized carbons (Fsp3) is 0.720. The van der Waals surface area contributed by atoms with Crippen LogP contribution in [0.4, 0.5) is 4.39 Å². The monoisotopic (exact) mass is 414 g/mol. The second-order valence-electron chi connectivity index (χ2n) is 10.6. The molecule has 2 unspecified atom stereocenters. The topological polar surface area (TPSA) is 52.6 Å². The zero-order valence-electron chi connectivity index (χ0n) is 18.0. The molecular formula is C25H35FN2O2. The smallest absolute Gasteiger partial charge is 0.274 e. The zero-order chi connectivity index (χ0) is 20.7. The van der Waals surface area contributed by atoms with Gasteiger partial charge in [0.2, 0.25) is 0 Å². The van der Waals surface area contributed by atoms with Crippen LogP contribution in [0.25, 0.3) is 0 Å². The molecule has 3 saturated carbocycles. The van der Waals surface area contributed by atoms with Crippen LogP contribution in [0.15, 0.2) is 12.1 Å². The molecule has 4 nitrogen and oxygen atoms in total. The van der Waals surface area contributed by atoms with Gasteiger partial charge in [0.25, 0.3) is 5.91 Å². The van der Waals surface area contributed by atoms with Crippen LogP contribution in [0.5, 0.6) is 0 Å². The lowest BCUT2D eigenvalue weighted by molar-refractivity contribution is -0.0120. The van der Waals surface area contributed by atoms with Crippen molar-refractivity contribution in [3.05, 3.63) is 34.6 Å². The number of benzene rings is 1. The van der Waals surface area contributed by atoms with Gasteiger partial charge < -0.3 is 0 Å². The Kier molecular flexibility index (Phi) is 5.61. The molecule has 1 aromatic carbocycles. The number of hydrogen-bond donors (Lipinski definition) is 2. The van der Waals surface area contributed by atoms with Gasteiger partial charge in [-0.15, -0.1) is 0 Å². The van der Waals surface area contributed by atoms with Crippen molar-refractivity contribution in [2.45, 2.75) is 89.1 Å². The molecule has 2 N–H and O–H groups in total. The summed E-state index contributed by atoms with van der Waals surface area (Å²) in [5.41, 5.74) is 3.73. The number of hydroxylamine groups is 1. The maximum Gasteiger partial charge on any atom is 0.274 e. The molecule has 3 aliphatic carbocycles. The van der Waals surface area contributed by atoms with Crippen molar-refractivity contribution in [1.29, 1.82) is 0 Å². The first-order chi connectivity index (χ1) is 14.6. The van der Waals surface area contributed by atoms with Crippen LogP contribution in [0.3, 0.4) is 0 Å². The molecule has 2 atom stereocenters. The average molecular weight is 415 g/mol. The number of hydrogen-bond acceptors (Lipinski definition) is 3. The fourth-order valence-corrected chi connectivity index (χ4v) is 7.11. The van der Waals surface area contributed by atoms with Crippen molar-refractivity contribution in [1.82, 2.24) is 10.4 Å². The molecule has 4 aliphatic rings. The first-order valence-corrected chi connectivity index (χ1v) is 12.1. The molecule has 0 saturated heterocycles. The van der Waals surface area contributed by atoms with E-state index in [9.17, 15) is 9.18 Å². The highest BCUT2D eigenvalue weighted by Crippen LogP contribution is 2.48. The van der Waals surface area contributed by atoms with Crippen molar-refractivity contribution in [3.63, 3.8) is 0 Å². The van der Waals surface area contributed by atoms with Gasteiger partial charge in [0.05, 0.1) is 0 Å². The number of nitrogens with zero attached hydrogens (tertiary/aromatic N) is 1. The normalized spacial score (nSPS) is 30.3. The van der Waals surface area contributed by atoms with Crippen LogP contribution in [0.1, 0.15) is 92.1 Å². The molecule has 0 radical (unpaired) electrons. The molecule has 0 aromatic heterocycles. The summed E-state index contributed by atoms with van der Waals surface area (Å²) in [5.74, 6) is 1.92. The van der Waals surface area contributed by atoms with E-state index in [4.69, 9.17) is 5.21 Å². The number of fused-ring (bicyclic) bond motifs is 3. The van der Waals surface area contributed by atoms with E-state index in [0.29, 0.717) is 6.54 Å². The molecule has 5 rings (SSSR count). The minimum atomic E-state index is -0.646. The summed E-state index contributed by atoms with van der Waals surface area (Å²) in [4.78, 5) is 14.3. The molecule has 1 amide bonds. The van der Waals surface area contributed by atoms with Crippen molar-refractivity contribution >= 4 is 5.91 Å². The van der Waals surface area contributed by atoms with E-state index in [1.165, 1.54) is 76.7 Å². The molecular weight excluding hydrogens is 379 g/mol. The average Bonchev–Trinajstić information content (AvgIpc) is 2.72. The van der Waals surface area contributed by atoms with E-state index in [2.05, 4.69) is 4.90 Å². The number of nitrogens with one attached hydrogen (secondary N) is 1. The van der Waals surface area contributed by atoms with Crippen molar-refractivity contribution in [3.8, 4) is 0 Å². The number of carbonyl (C=O) groups excluding carboxylic acids is 1. The summed E-state index contributed by atoms with van der Waals surface area (Å²) >= 11 is 0. The predicted molar refractivity (Wildman–Crippen MR) is 114 cm³/mol. The van der Waals surface area contributed by atoms with Gasteiger partial charge in [0, 0.05) is 29.8 Å². The zero-order valence-corrected chi connectivity index (χ0v) is 18.0. The van der Waals surface area contributed by atoms with Crippen molar-refractivity contribution < 1.29 is 14.4 Å². The molecule has 1 heterocycles. The van der Waals surface area contributed by atoms with Crippen LogP contribution in [-0.2, 0) is 13.0 Å². The summed E-state index contributed by atoms with van der Waals surface area (Å²) in [6.45, 7) is 1.59. The highest BCUT2D eigenvalue weighted by atomic mass is 19.1. The van der Waals surface area contributed by atoms with E-state index < -0.39 is 5.91 Å². The van der Waals surface area contributed by atoms with Gasteiger partial charge in [-0.1, -0.05) is 19.3 Å². The minimum absolute atomic E-state index is 0.198. The highest BCUT2D eigenvalue weighted by Gasteiger charge is 2.44. The lowest BCUT2D eigenvalue weighted by Crippen LogP contribution is -2.55. The number of halogens is 1. The van der Waals surface area contributed by atoms with E-state index in [0.717, 1.165) is 41.8 Å². The molecule has 30 heavy (non-hydrogen) atoms. The molecule has 1 aliphatic heterocycles. The van der Waals surface area contributed by atoms with E-state index in [-0.39, 0.29) is 16.9 Å². The highest BCUT2D eigenvalue weighted by molar-refractivity contribution is 5.93. The Morgan fingerprint density at radius 2 is 1.93 bits per heavy atom. The van der Waals surface area contributed by atoms with Gasteiger partial charge in [-0.2, -0.15) is 0 Å². The summed E-state index contributed by atoms with van der Waals surface area (Å²) < 4.78 is 14.8. The Morgan fingerprint density at radius 3 is 2.60 bits per heavy atom. The first kappa shape index (κ1) is 20.4. The molecule has 164 valence electrons. The number of carbonyl (C=O) groups is 1. The van der Waals surface area contributed by atoms with E-state index >= 15 is 0 Å². The maximum atomic E-state index is 14.8.